The van der Waals surface area contributed by atoms with E-state index in [4.69, 9.17) is 16.3 Å². The zero-order valence-electron chi connectivity index (χ0n) is 17.8. The maximum atomic E-state index is 13.2. The quantitative estimate of drug-likeness (QED) is 0.714. The highest BCUT2D eigenvalue weighted by Gasteiger charge is 2.43. The van der Waals surface area contributed by atoms with Crippen molar-refractivity contribution in [2.24, 2.45) is 11.8 Å². The van der Waals surface area contributed by atoms with Crippen molar-refractivity contribution in [3.05, 3.63) is 34.9 Å². The molecule has 0 bridgehead atoms. The van der Waals surface area contributed by atoms with Gasteiger partial charge in [0.15, 0.2) is 0 Å². The Balaban J connectivity index is 1.33. The molecule has 1 heterocycles. The van der Waals surface area contributed by atoms with Crippen molar-refractivity contribution >= 4 is 23.4 Å². The average molecular weight is 433 g/mol. The molecule has 3 aliphatic rings. The second kappa shape index (κ2) is 9.27. The zero-order chi connectivity index (χ0) is 21.1. The molecule has 4 rings (SSSR count). The van der Waals surface area contributed by atoms with E-state index >= 15 is 0 Å². The molecule has 30 heavy (non-hydrogen) atoms. The first kappa shape index (κ1) is 21.6. The van der Waals surface area contributed by atoms with Crippen LogP contribution >= 0.6 is 11.6 Å². The van der Waals surface area contributed by atoms with Crippen LogP contribution in [0.4, 0.5) is 0 Å². The van der Waals surface area contributed by atoms with Gasteiger partial charge in [0.2, 0.25) is 11.8 Å². The number of methoxy groups -OCH3 is 1. The topological polar surface area (TPSA) is 67.4 Å². The number of fused-ring (bicyclic) bond motifs is 1. The summed E-state index contributed by atoms with van der Waals surface area (Å²) in [5.41, 5.74) is 0.596. The minimum Gasteiger partial charge on any atom is -0.381 e. The van der Waals surface area contributed by atoms with Crippen LogP contribution in [0, 0.1) is 11.8 Å². The van der Waals surface area contributed by atoms with Gasteiger partial charge in [0.05, 0.1) is 11.5 Å². The highest BCUT2D eigenvalue weighted by Crippen LogP contribution is 2.42. The van der Waals surface area contributed by atoms with Gasteiger partial charge >= 0.3 is 0 Å². The van der Waals surface area contributed by atoms with Gasteiger partial charge in [-0.2, -0.15) is 0 Å². The first-order valence-corrected chi connectivity index (χ1v) is 11.8. The molecule has 1 aliphatic heterocycles. The molecule has 1 aromatic rings. The van der Waals surface area contributed by atoms with Gasteiger partial charge in [0, 0.05) is 30.6 Å². The molecule has 2 aliphatic carbocycles. The SMILES string of the molecule is COC1CCC2CC(CCNC(=O)C3(c4ccc(Cl)cc4)CCCC3)C(=O)NC2C1. The number of hydrogen-bond acceptors (Lipinski definition) is 3. The van der Waals surface area contributed by atoms with Gasteiger partial charge in [0.25, 0.3) is 0 Å². The van der Waals surface area contributed by atoms with Crippen molar-refractivity contribution in [1.29, 1.82) is 0 Å². The average Bonchev–Trinajstić information content (AvgIpc) is 3.25. The molecule has 4 unspecified atom stereocenters. The molecule has 4 atom stereocenters. The van der Waals surface area contributed by atoms with Gasteiger partial charge in [-0.1, -0.05) is 36.6 Å². The van der Waals surface area contributed by atoms with Gasteiger partial charge in [-0.25, -0.2) is 0 Å². The molecular formula is C24H33ClN2O3. The zero-order valence-corrected chi connectivity index (χ0v) is 18.5. The maximum Gasteiger partial charge on any atom is 0.230 e. The van der Waals surface area contributed by atoms with Crippen LogP contribution in [0.1, 0.15) is 63.4 Å². The number of carbonyl (C=O) groups excluding carboxylic acids is 2. The third kappa shape index (κ3) is 4.38. The Hall–Kier alpha value is -1.59. The third-order valence-electron chi connectivity index (χ3n) is 7.63. The molecule has 5 nitrogen and oxygen atoms in total. The maximum absolute atomic E-state index is 13.2. The molecule has 0 aromatic heterocycles. The highest BCUT2D eigenvalue weighted by atomic mass is 35.5. The smallest absolute Gasteiger partial charge is 0.230 e. The number of piperidine rings is 1. The fourth-order valence-corrected chi connectivity index (χ4v) is 5.94. The van der Waals surface area contributed by atoms with Gasteiger partial charge in [-0.15, -0.1) is 0 Å². The van der Waals surface area contributed by atoms with E-state index in [1.165, 1.54) is 0 Å². The van der Waals surface area contributed by atoms with Crippen LogP contribution in [-0.2, 0) is 19.7 Å². The molecule has 164 valence electrons. The van der Waals surface area contributed by atoms with Crippen molar-refractivity contribution < 1.29 is 14.3 Å². The lowest BCUT2D eigenvalue weighted by Crippen LogP contribution is -2.53. The van der Waals surface area contributed by atoms with Crippen LogP contribution in [0.2, 0.25) is 5.02 Å². The van der Waals surface area contributed by atoms with Crippen LogP contribution in [0.3, 0.4) is 0 Å². The van der Waals surface area contributed by atoms with Crippen LogP contribution in [0.5, 0.6) is 0 Å². The van der Waals surface area contributed by atoms with E-state index in [-0.39, 0.29) is 29.9 Å². The van der Waals surface area contributed by atoms with Crippen LogP contribution in [0.15, 0.2) is 24.3 Å². The molecule has 1 aromatic carbocycles. The molecule has 3 fully saturated rings. The molecule has 6 heteroatoms. The fourth-order valence-electron chi connectivity index (χ4n) is 5.81. The van der Waals surface area contributed by atoms with Crippen molar-refractivity contribution in [3.63, 3.8) is 0 Å². The number of halogens is 1. The number of benzene rings is 1. The summed E-state index contributed by atoms with van der Waals surface area (Å²) in [7, 11) is 1.75. The number of nitrogens with one attached hydrogen (secondary N) is 2. The summed E-state index contributed by atoms with van der Waals surface area (Å²) in [6.45, 7) is 0.546. The highest BCUT2D eigenvalue weighted by molar-refractivity contribution is 6.30. The lowest BCUT2D eigenvalue weighted by molar-refractivity contribution is -0.132. The summed E-state index contributed by atoms with van der Waals surface area (Å²) >= 11 is 6.05. The second-order valence-electron chi connectivity index (χ2n) is 9.32. The number of hydrogen-bond donors (Lipinski definition) is 2. The number of ether oxygens (including phenoxy) is 1. The first-order chi connectivity index (χ1) is 14.5. The predicted octanol–water partition coefficient (Wildman–Crippen LogP) is 3.98. The summed E-state index contributed by atoms with van der Waals surface area (Å²) < 4.78 is 5.49. The molecule has 0 radical (unpaired) electrons. The van der Waals surface area contributed by atoms with Gasteiger partial charge in [-0.3, -0.25) is 9.59 Å². The lowest BCUT2D eigenvalue weighted by Gasteiger charge is -2.42. The number of rotatable bonds is 6. The van der Waals surface area contributed by atoms with Crippen LogP contribution in [-0.4, -0.2) is 37.6 Å². The van der Waals surface area contributed by atoms with Gasteiger partial charge in [0.1, 0.15) is 0 Å². The van der Waals surface area contributed by atoms with Crippen LogP contribution in [0.25, 0.3) is 0 Å². The Kier molecular flexibility index (Phi) is 6.69. The minimum atomic E-state index is -0.455. The van der Waals surface area contributed by atoms with E-state index in [0.29, 0.717) is 23.9 Å². The van der Waals surface area contributed by atoms with E-state index < -0.39 is 5.41 Å². The Morgan fingerprint density at radius 1 is 1.20 bits per heavy atom. The van der Waals surface area contributed by atoms with E-state index in [1.807, 2.05) is 24.3 Å². The summed E-state index contributed by atoms with van der Waals surface area (Å²) in [4.78, 5) is 25.8. The second-order valence-corrected chi connectivity index (χ2v) is 9.76. The summed E-state index contributed by atoms with van der Waals surface area (Å²) in [5, 5.41) is 7.07. The summed E-state index contributed by atoms with van der Waals surface area (Å²) in [5.74, 6) is 0.748. The summed E-state index contributed by atoms with van der Waals surface area (Å²) in [6, 6.07) is 7.95. The van der Waals surface area contributed by atoms with Crippen molar-refractivity contribution in [1.82, 2.24) is 10.6 Å². The van der Waals surface area contributed by atoms with Crippen molar-refractivity contribution in [2.45, 2.75) is 75.3 Å². The fraction of sp³-hybridized carbons (Fsp3) is 0.667. The Bertz CT molecular complexity index is 760. The van der Waals surface area contributed by atoms with E-state index in [9.17, 15) is 9.59 Å². The van der Waals surface area contributed by atoms with Gasteiger partial charge in [-0.05, 0) is 68.6 Å². The molecule has 2 amide bonds. The van der Waals surface area contributed by atoms with E-state index in [2.05, 4.69) is 10.6 Å². The van der Waals surface area contributed by atoms with Crippen molar-refractivity contribution in [3.8, 4) is 0 Å². The lowest BCUT2D eigenvalue weighted by atomic mass is 9.74. The predicted molar refractivity (Wildman–Crippen MR) is 117 cm³/mol. The summed E-state index contributed by atoms with van der Waals surface area (Å²) in [6.07, 6.45) is 8.84. The largest absolute Gasteiger partial charge is 0.381 e. The monoisotopic (exact) mass is 432 g/mol. The van der Waals surface area contributed by atoms with Gasteiger partial charge < -0.3 is 15.4 Å². The molecule has 2 N–H and O–H groups in total. The standard InChI is InChI=1S/C24H33ClN2O3/c1-30-20-9-4-16-14-17(22(28)27-21(16)15-20)10-13-26-23(29)24(11-2-3-12-24)18-5-7-19(25)8-6-18/h5-8,16-17,20-21H,2-4,9-15H2,1H3,(H,26,29)(H,27,28). The van der Waals surface area contributed by atoms with Crippen molar-refractivity contribution in [2.75, 3.05) is 13.7 Å². The molecule has 0 spiro atoms. The minimum absolute atomic E-state index is 0.0132. The number of carbonyl (C=O) groups is 2. The van der Waals surface area contributed by atoms with E-state index in [1.54, 1.807) is 7.11 Å². The van der Waals surface area contributed by atoms with E-state index in [0.717, 1.165) is 56.9 Å². The molecule has 1 saturated heterocycles. The molecular weight excluding hydrogens is 400 g/mol. The molecule has 2 saturated carbocycles. The Labute approximate surface area is 184 Å². The normalized spacial score (nSPS) is 30.4. The Morgan fingerprint density at radius 2 is 1.93 bits per heavy atom. The number of amides is 2. The van der Waals surface area contributed by atoms with Crippen LogP contribution < -0.4 is 10.6 Å². The first-order valence-electron chi connectivity index (χ1n) is 11.4. The Morgan fingerprint density at radius 3 is 2.63 bits per heavy atom. The third-order valence-corrected chi connectivity index (χ3v) is 7.88.